The summed E-state index contributed by atoms with van der Waals surface area (Å²) in [4.78, 5) is 2.40. The Morgan fingerprint density at radius 3 is 1.68 bits per heavy atom. The van der Waals surface area contributed by atoms with Crippen molar-refractivity contribution >= 4 is 71.3 Å². The average Bonchev–Trinajstić information content (AvgIpc) is 3.73. The number of nitrogens with zero attached hydrogens (tertiary/aromatic N) is 1. The van der Waals surface area contributed by atoms with Crippen LogP contribution in [0, 0.1) is 0 Å². The molecular weight excluding hydrogens is 751 g/mol. The largest absolute Gasteiger partial charge is 0.456 e. The summed E-state index contributed by atoms with van der Waals surface area (Å²) in [5, 5.41) is 9.80. The molecular formula is C60H39NO. The number of benzene rings is 11. The van der Waals surface area contributed by atoms with Gasteiger partial charge in [0.1, 0.15) is 11.2 Å². The molecule has 2 nitrogen and oxygen atoms in total. The van der Waals surface area contributed by atoms with Gasteiger partial charge in [0, 0.05) is 27.7 Å². The van der Waals surface area contributed by atoms with Crippen molar-refractivity contribution in [3.05, 3.63) is 237 Å². The van der Waals surface area contributed by atoms with Crippen molar-refractivity contribution in [2.24, 2.45) is 0 Å². The van der Waals surface area contributed by atoms with Gasteiger partial charge >= 0.3 is 0 Å². The zero-order valence-corrected chi connectivity index (χ0v) is 33.9. The zero-order valence-electron chi connectivity index (χ0n) is 33.9. The topological polar surface area (TPSA) is 16.4 Å². The summed E-state index contributed by atoms with van der Waals surface area (Å²) in [7, 11) is 0. The molecule has 290 valence electrons. The second-order valence-corrected chi connectivity index (χ2v) is 16.1. The van der Waals surface area contributed by atoms with E-state index in [-0.39, 0.29) is 0 Å². The summed E-state index contributed by atoms with van der Waals surface area (Å²) in [5.74, 6) is 0. The first-order valence-corrected chi connectivity index (χ1v) is 21.2. The van der Waals surface area contributed by atoms with E-state index in [0.717, 1.165) is 61.3 Å². The minimum Gasteiger partial charge on any atom is -0.456 e. The molecule has 0 unspecified atom stereocenters. The molecule has 12 aromatic rings. The van der Waals surface area contributed by atoms with Crippen LogP contribution in [0.2, 0.25) is 0 Å². The number of fused-ring (bicyclic) bond motifs is 7. The third-order valence-corrected chi connectivity index (χ3v) is 12.4. The molecule has 0 amide bonds. The molecule has 2 heteroatoms. The van der Waals surface area contributed by atoms with Crippen molar-refractivity contribution in [3.63, 3.8) is 0 Å². The third-order valence-electron chi connectivity index (χ3n) is 12.4. The van der Waals surface area contributed by atoms with Crippen molar-refractivity contribution in [1.29, 1.82) is 0 Å². The molecule has 0 radical (unpaired) electrons. The van der Waals surface area contributed by atoms with Crippen LogP contribution in [0.5, 0.6) is 0 Å². The Labute approximate surface area is 360 Å². The van der Waals surface area contributed by atoms with Crippen molar-refractivity contribution in [2.75, 3.05) is 4.90 Å². The van der Waals surface area contributed by atoms with Gasteiger partial charge in [0.05, 0.1) is 5.69 Å². The maximum absolute atomic E-state index is 6.28. The molecule has 0 saturated heterocycles. The highest BCUT2D eigenvalue weighted by Gasteiger charge is 2.19. The van der Waals surface area contributed by atoms with E-state index in [9.17, 15) is 0 Å². The molecule has 0 aliphatic carbocycles. The molecule has 0 aliphatic rings. The number of hydrogen-bond acceptors (Lipinski definition) is 2. The lowest BCUT2D eigenvalue weighted by Crippen LogP contribution is -2.11. The Balaban J connectivity index is 0.971. The molecule has 0 atom stereocenters. The van der Waals surface area contributed by atoms with Crippen LogP contribution in [0.25, 0.3) is 98.8 Å². The second-order valence-electron chi connectivity index (χ2n) is 16.1. The molecule has 1 aromatic heterocycles. The lowest BCUT2D eigenvalue weighted by Gasteiger charge is -2.28. The van der Waals surface area contributed by atoms with E-state index in [4.69, 9.17) is 4.42 Å². The second kappa shape index (κ2) is 14.8. The van der Waals surface area contributed by atoms with E-state index in [1.54, 1.807) is 0 Å². The first-order valence-electron chi connectivity index (χ1n) is 21.2. The Kier molecular flexibility index (Phi) is 8.53. The highest BCUT2D eigenvalue weighted by Crippen LogP contribution is 2.44. The summed E-state index contributed by atoms with van der Waals surface area (Å²) in [6.45, 7) is 0. The average molecular weight is 790 g/mol. The molecule has 0 fully saturated rings. The highest BCUT2D eigenvalue weighted by molar-refractivity contribution is 6.12. The van der Waals surface area contributed by atoms with Crippen LogP contribution in [0.3, 0.4) is 0 Å². The molecule has 0 aliphatic heterocycles. The Morgan fingerprint density at radius 2 is 0.823 bits per heavy atom. The third kappa shape index (κ3) is 6.20. The summed E-state index contributed by atoms with van der Waals surface area (Å²) in [5.41, 5.74) is 14.4. The standard InChI is InChI=1S/C60H39NO/c1-2-13-46-37-48(31-25-40(46)11-1)47-14-9-15-51(38-47)61(50-35-33-44(34-36-50)54-19-10-22-59-60(54)55-18-6-8-21-58(55)62-59)57-20-7-5-17-53(57)43-26-23-41(24-27-43)49-32-30-45-29-28-42-12-3-4-16-52(42)56(45)39-49/h1-39H. The van der Waals surface area contributed by atoms with Gasteiger partial charge in [-0.05, 0) is 126 Å². The first kappa shape index (κ1) is 35.7. The quantitative estimate of drug-likeness (QED) is 0.150. The van der Waals surface area contributed by atoms with Crippen molar-refractivity contribution < 1.29 is 4.42 Å². The van der Waals surface area contributed by atoms with E-state index in [1.165, 1.54) is 54.6 Å². The maximum atomic E-state index is 6.28. The number of para-hydroxylation sites is 2. The van der Waals surface area contributed by atoms with E-state index < -0.39 is 0 Å². The Morgan fingerprint density at radius 1 is 0.274 bits per heavy atom. The fourth-order valence-corrected chi connectivity index (χ4v) is 9.36. The van der Waals surface area contributed by atoms with Crippen molar-refractivity contribution in [2.45, 2.75) is 0 Å². The van der Waals surface area contributed by atoms with Crippen LogP contribution in [0.4, 0.5) is 17.1 Å². The minimum absolute atomic E-state index is 0.897. The molecule has 0 bridgehead atoms. The highest BCUT2D eigenvalue weighted by atomic mass is 16.3. The Hall–Kier alpha value is -8.20. The van der Waals surface area contributed by atoms with Gasteiger partial charge in [-0.3, -0.25) is 0 Å². The zero-order chi connectivity index (χ0) is 41.0. The fraction of sp³-hybridized carbons (Fsp3) is 0. The van der Waals surface area contributed by atoms with E-state index >= 15 is 0 Å². The lowest BCUT2D eigenvalue weighted by molar-refractivity contribution is 0.669. The smallest absolute Gasteiger partial charge is 0.136 e. The fourth-order valence-electron chi connectivity index (χ4n) is 9.36. The van der Waals surface area contributed by atoms with Gasteiger partial charge in [0.25, 0.3) is 0 Å². The first-order chi connectivity index (χ1) is 30.7. The van der Waals surface area contributed by atoms with Gasteiger partial charge in [-0.15, -0.1) is 0 Å². The number of furan rings is 1. The molecule has 12 rings (SSSR count). The van der Waals surface area contributed by atoms with Crippen LogP contribution >= 0.6 is 0 Å². The van der Waals surface area contributed by atoms with Gasteiger partial charge in [0.15, 0.2) is 0 Å². The number of anilines is 3. The minimum atomic E-state index is 0.897. The molecule has 0 spiro atoms. The van der Waals surface area contributed by atoms with Crippen LogP contribution in [-0.2, 0) is 0 Å². The monoisotopic (exact) mass is 789 g/mol. The summed E-state index contributed by atoms with van der Waals surface area (Å²) < 4.78 is 6.28. The summed E-state index contributed by atoms with van der Waals surface area (Å²) >= 11 is 0. The van der Waals surface area contributed by atoms with Gasteiger partial charge < -0.3 is 9.32 Å². The van der Waals surface area contributed by atoms with Gasteiger partial charge in [-0.1, -0.05) is 182 Å². The summed E-state index contributed by atoms with van der Waals surface area (Å²) in [6, 6.07) is 85.6. The van der Waals surface area contributed by atoms with Crippen LogP contribution in [0.1, 0.15) is 0 Å². The normalized spacial score (nSPS) is 11.5. The number of rotatable bonds is 7. The van der Waals surface area contributed by atoms with E-state index in [0.29, 0.717) is 0 Å². The predicted octanol–water partition coefficient (Wildman–Crippen LogP) is 17.2. The SMILES string of the molecule is c1cc(-c2ccc3ccccc3c2)cc(N(c2ccc(-c3cccc4oc5ccccc5c34)cc2)c2ccccc2-c2ccc(-c3ccc4ccc5ccccc5c4c3)cc2)c1. The molecule has 1 heterocycles. The number of hydrogen-bond donors (Lipinski definition) is 0. The Bertz CT molecular complexity index is 3630. The lowest BCUT2D eigenvalue weighted by atomic mass is 9.95. The van der Waals surface area contributed by atoms with Crippen molar-refractivity contribution in [1.82, 2.24) is 0 Å². The predicted molar refractivity (Wildman–Crippen MR) is 263 cm³/mol. The van der Waals surface area contributed by atoms with Crippen LogP contribution in [0.15, 0.2) is 241 Å². The van der Waals surface area contributed by atoms with Gasteiger partial charge in [-0.2, -0.15) is 0 Å². The van der Waals surface area contributed by atoms with E-state index in [1.807, 2.05) is 12.1 Å². The van der Waals surface area contributed by atoms with Gasteiger partial charge in [0.2, 0.25) is 0 Å². The molecule has 62 heavy (non-hydrogen) atoms. The molecule has 11 aromatic carbocycles. The molecule has 0 saturated carbocycles. The van der Waals surface area contributed by atoms with Crippen molar-refractivity contribution in [3.8, 4) is 44.5 Å². The van der Waals surface area contributed by atoms with Crippen LogP contribution < -0.4 is 4.90 Å². The van der Waals surface area contributed by atoms with E-state index in [2.05, 4.69) is 229 Å². The molecule has 0 N–H and O–H groups in total. The van der Waals surface area contributed by atoms with Crippen LogP contribution in [-0.4, -0.2) is 0 Å². The van der Waals surface area contributed by atoms with Gasteiger partial charge in [-0.25, -0.2) is 0 Å². The maximum Gasteiger partial charge on any atom is 0.136 e. The summed E-state index contributed by atoms with van der Waals surface area (Å²) in [6.07, 6.45) is 0.